The second kappa shape index (κ2) is 6.01. The van der Waals surface area contributed by atoms with Crippen LogP contribution in [0.1, 0.15) is 49.7 Å². The van der Waals surface area contributed by atoms with Crippen molar-refractivity contribution in [2.75, 3.05) is 0 Å². The summed E-state index contributed by atoms with van der Waals surface area (Å²) in [5, 5.41) is 11.4. The highest BCUT2D eigenvalue weighted by atomic mass is 19.4. The number of hydrogen-bond acceptors (Lipinski definition) is 3. The average Bonchev–Trinajstić information content (AvgIpc) is 2.36. The van der Waals surface area contributed by atoms with E-state index in [9.17, 15) is 23.1 Å². The number of halogens is 3. The van der Waals surface area contributed by atoms with E-state index in [0.29, 0.717) is 0 Å². The minimum Gasteiger partial charge on any atom is -0.382 e. The number of rotatable bonds is 4. The molecule has 7 heteroatoms. The molecule has 0 bridgehead atoms. The van der Waals surface area contributed by atoms with Crippen LogP contribution >= 0.6 is 0 Å². The van der Waals surface area contributed by atoms with Gasteiger partial charge in [0.15, 0.2) is 6.10 Å². The molecule has 0 spiro atoms. The molecule has 1 rings (SSSR count). The number of carbonyl (C=O) groups excluding carboxylic acids is 1. The van der Waals surface area contributed by atoms with Crippen molar-refractivity contribution in [1.82, 2.24) is 10.3 Å². The molecule has 1 heterocycles. The Morgan fingerprint density at radius 3 is 2.24 bits per heavy atom. The fourth-order valence-corrected chi connectivity index (χ4v) is 1.72. The molecule has 1 unspecified atom stereocenters. The number of amides is 1. The van der Waals surface area contributed by atoms with E-state index in [1.165, 1.54) is 12.3 Å². The zero-order chi connectivity index (χ0) is 16.4. The second-order valence-corrected chi connectivity index (χ2v) is 5.75. The molecule has 0 saturated carbocycles. The van der Waals surface area contributed by atoms with E-state index >= 15 is 0 Å². The van der Waals surface area contributed by atoms with Crippen molar-refractivity contribution in [3.63, 3.8) is 0 Å². The van der Waals surface area contributed by atoms with Gasteiger partial charge in [0.05, 0.1) is 5.54 Å². The number of nitrogens with zero attached hydrogens (tertiary/aromatic N) is 1. The second-order valence-electron chi connectivity index (χ2n) is 5.75. The Morgan fingerprint density at radius 1 is 1.29 bits per heavy atom. The van der Waals surface area contributed by atoms with Crippen LogP contribution in [0.4, 0.5) is 13.2 Å². The minimum atomic E-state index is -4.81. The number of aliphatic hydroxyl groups is 1. The van der Waals surface area contributed by atoms with Gasteiger partial charge in [-0.3, -0.25) is 9.78 Å². The third-order valence-electron chi connectivity index (χ3n) is 3.12. The number of carbonyl (C=O) groups is 1. The zero-order valence-corrected chi connectivity index (χ0v) is 12.3. The highest BCUT2D eigenvalue weighted by Crippen LogP contribution is 2.28. The van der Waals surface area contributed by atoms with Gasteiger partial charge >= 0.3 is 6.18 Å². The maximum absolute atomic E-state index is 12.5. The first kappa shape index (κ1) is 17.4. The number of pyridine rings is 1. The fourth-order valence-electron chi connectivity index (χ4n) is 1.72. The Balaban J connectivity index is 2.85. The lowest BCUT2D eigenvalue weighted by atomic mass is 9.96. The molecule has 1 aromatic heterocycles. The number of alkyl halides is 3. The first-order valence-electron chi connectivity index (χ1n) is 6.48. The molecule has 1 atom stereocenters. The van der Waals surface area contributed by atoms with E-state index < -0.39 is 23.7 Å². The topological polar surface area (TPSA) is 62.2 Å². The van der Waals surface area contributed by atoms with Crippen LogP contribution < -0.4 is 5.32 Å². The summed E-state index contributed by atoms with van der Waals surface area (Å²) in [7, 11) is 0. The Labute approximate surface area is 121 Å². The molecule has 0 aliphatic rings. The molecule has 2 N–H and O–H groups in total. The van der Waals surface area contributed by atoms with Gasteiger partial charge in [0, 0.05) is 6.20 Å². The van der Waals surface area contributed by atoms with Crippen molar-refractivity contribution >= 4 is 5.91 Å². The van der Waals surface area contributed by atoms with Gasteiger partial charge in [-0.05, 0) is 31.4 Å². The van der Waals surface area contributed by atoms with Crippen molar-refractivity contribution in [3.05, 3.63) is 29.6 Å². The van der Waals surface area contributed by atoms with Gasteiger partial charge < -0.3 is 10.4 Å². The third kappa shape index (κ3) is 4.42. The van der Waals surface area contributed by atoms with Gasteiger partial charge in [0.25, 0.3) is 5.91 Å². The lowest BCUT2D eigenvalue weighted by molar-refractivity contribution is -0.222. The molecule has 0 radical (unpaired) electrons. The van der Waals surface area contributed by atoms with Crippen LogP contribution in [0.3, 0.4) is 0 Å². The van der Waals surface area contributed by atoms with Crippen molar-refractivity contribution in [1.29, 1.82) is 0 Å². The Morgan fingerprint density at radius 2 is 1.86 bits per heavy atom. The Kier molecular flexibility index (Phi) is 4.99. The first-order chi connectivity index (χ1) is 9.45. The van der Waals surface area contributed by atoms with Gasteiger partial charge in [-0.25, -0.2) is 0 Å². The van der Waals surface area contributed by atoms with Gasteiger partial charge in [-0.15, -0.1) is 0 Å². The molecule has 0 saturated heterocycles. The predicted octanol–water partition coefficient (Wildman–Crippen LogP) is 2.64. The number of aromatic nitrogens is 1. The first-order valence-corrected chi connectivity index (χ1v) is 6.48. The lowest BCUT2D eigenvalue weighted by Gasteiger charge is -2.32. The zero-order valence-electron chi connectivity index (χ0n) is 12.3. The van der Waals surface area contributed by atoms with Crippen molar-refractivity contribution in [2.24, 2.45) is 0 Å². The fraction of sp³-hybridized carbons (Fsp3) is 0.571. The normalized spacial score (nSPS) is 14.1. The standard InChI is InChI=1S/C14H19F3N2O2/c1-8(2)9-5-6-10(18-7-9)11(20)19-13(3,4)12(21)14(15,16)17/h5-8,12,21H,1-4H3,(H,19,20). The number of nitrogens with one attached hydrogen (secondary N) is 1. The van der Waals surface area contributed by atoms with E-state index in [4.69, 9.17) is 0 Å². The SMILES string of the molecule is CC(C)c1ccc(C(=O)NC(C)(C)C(O)C(F)(F)F)nc1. The minimum absolute atomic E-state index is 0.00171. The maximum Gasteiger partial charge on any atom is 0.416 e. The molecule has 0 aliphatic heterocycles. The van der Waals surface area contributed by atoms with E-state index in [0.717, 1.165) is 19.4 Å². The molecular formula is C14H19F3N2O2. The van der Waals surface area contributed by atoms with Crippen LogP contribution in [0, 0.1) is 0 Å². The summed E-state index contributed by atoms with van der Waals surface area (Å²) in [6, 6.07) is 3.14. The van der Waals surface area contributed by atoms with Gasteiger partial charge in [-0.1, -0.05) is 19.9 Å². The van der Waals surface area contributed by atoms with E-state index in [1.807, 2.05) is 13.8 Å². The average molecular weight is 304 g/mol. The summed E-state index contributed by atoms with van der Waals surface area (Å²) in [6.45, 7) is 6.12. The molecule has 118 valence electrons. The number of aliphatic hydroxyl groups excluding tert-OH is 1. The summed E-state index contributed by atoms with van der Waals surface area (Å²) < 4.78 is 37.6. The third-order valence-corrected chi connectivity index (χ3v) is 3.12. The van der Waals surface area contributed by atoms with Crippen molar-refractivity contribution in [3.8, 4) is 0 Å². The highest BCUT2D eigenvalue weighted by molar-refractivity contribution is 5.92. The van der Waals surface area contributed by atoms with Crippen LogP contribution in [-0.2, 0) is 0 Å². The Hall–Kier alpha value is -1.63. The number of hydrogen-bond donors (Lipinski definition) is 2. The summed E-state index contributed by atoms with van der Waals surface area (Å²) in [4.78, 5) is 15.9. The predicted molar refractivity (Wildman–Crippen MR) is 71.9 cm³/mol. The van der Waals surface area contributed by atoms with E-state index in [2.05, 4.69) is 10.3 Å². The molecule has 1 aromatic rings. The van der Waals surface area contributed by atoms with Crippen molar-refractivity contribution < 1.29 is 23.1 Å². The highest BCUT2D eigenvalue weighted by Gasteiger charge is 2.48. The van der Waals surface area contributed by atoms with Gasteiger partial charge in [-0.2, -0.15) is 13.2 Å². The molecule has 4 nitrogen and oxygen atoms in total. The summed E-state index contributed by atoms with van der Waals surface area (Å²) in [5.41, 5.74) is -0.934. The smallest absolute Gasteiger partial charge is 0.382 e. The molecule has 21 heavy (non-hydrogen) atoms. The van der Waals surface area contributed by atoms with Crippen LogP contribution in [0.5, 0.6) is 0 Å². The van der Waals surface area contributed by atoms with Crippen molar-refractivity contribution in [2.45, 2.75) is 51.4 Å². The molecular weight excluding hydrogens is 285 g/mol. The summed E-state index contributed by atoms with van der Waals surface area (Å²) >= 11 is 0. The quantitative estimate of drug-likeness (QED) is 0.899. The molecule has 0 fully saturated rings. The summed E-state index contributed by atoms with van der Waals surface area (Å²) in [5.74, 6) is -0.531. The van der Waals surface area contributed by atoms with Crippen LogP contribution in [0.25, 0.3) is 0 Å². The molecule has 0 aromatic carbocycles. The van der Waals surface area contributed by atoms with E-state index in [-0.39, 0.29) is 11.6 Å². The largest absolute Gasteiger partial charge is 0.416 e. The van der Waals surface area contributed by atoms with Crippen LogP contribution in [-0.4, -0.2) is 33.8 Å². The van der Waals surface area contributed by atoms with E-state index in [1.54, 1.807) is 6.07 Å². The van der Waals surface area contributed by atoms with Gasteiger partial charge in [0.2, 0.25) is 0 Å². The molecule has 1 amide bonds. The van der Waals surface area contributed by atoms with Crippen LogP contribution in [0.15, 0.2) is 18.3 Å². The maximum atomic E-state index is 12.5. The molecule has 0 aliphatic carbocycles. The monoisotopic (exact) mass is 304 g/mol. The van der Waals surface area contributed by atoms with Crippen LogP contribution in [0.2, 0.25) is 0 Å². The summed E-state index contributed by atoms with van der Waals surface area (Å²) in [6.07, 6.45) is -5.97. The van der Waals surface area contributed by atoms with Gasteiger partial charge in [0.1, 0.15) is 5.69 Å². The lowest BCUT2D eigenvalue weighted by Crippen LogP contribution is -2.57. The Bertz CT molecular complexity index is 496.